The number of likely N-dealkylation sites (tertiary alicyclic amines) is 1. The molecular formula is C21H20F4N4O. The normalized spacial score (nSPS) is 18.0. The molecule has 0 aliphatic carbocycles. The fraction of sp³-hybridized carbons (Fsp3) is 0.333. The SMILES string of the molecule is CN1CCC[C@@H](Nc2nnc(-c3ccc(C(F)(F)F)cc3O)c3cc(F)ccc23)C1. The number of hydrogen-bond donors (Lipinski definition) is 2. The molecule has 30 heavy (non-hydrogen) atoms. The minimum atomic E-state index is -4.59. The van der Waals surface area contributed by atoms with E-state index in [2.05, 4.69) is 20.4 Å². The van der Waals surface area contributed by atoms with Crippen LogP contribution in [0.4, 0.5) is 23.4 Å². The van der Waals surface area contributed by atoms with Crippen LogP contribution in [0.3, 0.4) is 0 Å². The molecule has 0 amide bonds. The van der Waals surface area contributed by atoms with E-state index in [1.807, 2.05) is 7.05 Å². The molecule has 2 heterocycles. The molecule has 1 fully saturated rings. The second-order valence-electron chi connectivity index (χ2n) is 7.56. The second kappa shape index (κ2) is 7.71. The van der Waals surface area contributed by atoms with Gasteiger partial charge in [0.15, 0.2) is 5.82 Å². The molecule has 0 unspecified atom stereocenters. The van der Waals surface area contributed by atoms with Crippen molar-refractivity contribution in [3.63, 3.8) is 0 Å². The first-order valence-corrected chi connectivity index (χ1v) is 9.54. The third-order valence-electron chi connectivity index (χ3n) is 5.29. The first-order chi connectivity index (χ1) is 14.2. The van der Waals surface area contributed by atoms with Crippen molar-refractivity contribution in [1.29, 1.82) is 0 Å². The predicted molar refractivity (Wildman–Crippen MR) is 106 cm³/mol. The largest absolute Gasteiger partial charge is 0.507 e. The third-order valence-corrected chi connectivity index (χ3v) is 5.29. The van der Waals surface area contributed by atoms with Gasteiger partial charge in [0.2, 0.25) is 0 Å². The van der Waals surface area contributed by atoms with Crippen molar-refractivity contribution in [2.45, 2.75) is 25.1 Å². The Hall–Kier alpha value is -2.94. The minimum Gasteiger partial charge on any atom is -0.507 e. The van der Waals surface area contributed by atoms with E-state index in [0.29, 0.717) is 22.7 Å². The van der Waals surface area contributed by atoms with Crippen LogP contribution in [0.1, 0.15) is 18.4 Å². The lowest BCUT2D eigenvalue weighted by molar-refractivity contribution is -0.137. The van der Waals surface area contributed by atoms with Crippen LogP contribution >= 0.6 is 0 Å². The van der Waals surface area contributed by atoms with E-state index >= 15 is 0 Å². The zero-order chi connectivity index (χ0) is 21.5. The smallest absolute Gasteiger partial charge is 0.416 e. The summed E-state index contributed by atoms with van der Waals surface area (Å²) in [5.41, 5.74) is -0.816. The van der Waals surface area contributed by atoms with E-state index in [4.69, 9.17) is 0 Å². The van der Waals surface area contributed by atoms with Crippen molar-refractivity contribution in [2.24, 2.45) is 0 Å². The highest BCUT2D eigenvalue weighted by Gasteiger charge is 2.31. The number of benzene rings is 2. The van der Waals surface area contributed by atoms with Crippen LogP contribution in [0.15, 0.2) is 36.4 Å². The van der Waals surface area contributed by atoms with Crippen molar-refractivity contribution in [3.8, 4) is 17.0 Å². The first-order valence-electron chi connectivity index (χ1n) is 9.54. The number of halogens is 4. The van der Waals surface area contributed by atoms with Gasteiger partial charge < -0.3 is 15.3 Å². The van der Waals surface area contributed by atoms with Gasteiger partial charge in [-0.05, 0) is 62.8 Å². The van der Waals surface area contributed by atoms with E-state index in [1.165, 1.54) is 12.1 Å². The number of piperidine rings is 1. The van der Waals surface area contributed by atoms with E-state index in [0.717, 1.165) is 38.1 Å². The number of likely N-dealkylation sites (N-methyl/N-ethyl adjacent to an activating group) is 1. The number of fused-ring (bicyclic) bond motifs is 1. The molecule has 158 valence electrons. The Labute approximate surface area is 170 Å². The number of nitrogens with one attached hydrogen (secondary N) is 1. The maximum atomic E-state index is 14.0. The average Bonchev–Trinajstić information content (AvgIpc) is 2.68. The van der Waals surface area contributed by atoms with Gasteiger partial charge in [0, 0.05) is 28.9 Å². The predicted octanol–water partition coefficient (Wildman–Crippen LogP) is 4.67. The quantitative estimate of drug-likeness (QED) is 0.604. The summed E-state index contributed by atoms with van der Waals surface area (Å²) in [6.45, 7) is 1.84. The molecule has 1 atom stereocenters. The van der Waals surface area contributed by atoms with Gasteiger partial charge in [0.25, 0.3) is 0 Å². The molecule has 9 heteroatoms. The molecule has 2 aromatic carbocycles. The Morgan fingerprint density at radius 1 is 1.10 bits per heavy atom. The first kappa shape index (κ1) is 20.3. The lowest BCUT2D eigenvalue weighted by Crippen LogP contribution is -2.40. The fourth-order valence-corrected chi connectivity index (χ4v) is 3.82. The summed E-state index contributed by atoms with van der Waals surface area (Å²) in [5.74, 6) is -0.647. The van der Waals surface area contributed by atoms with E-state index in [1.54, 1.807) is 6.07 Å². The maximum Gasteiger partial charge on any atom is 0.416 e. The Bertz CT molecular complexity index is 1090. The highest BCUT2D eigenvalue weighted by atomic mass is 19.4. The molecule has 1 saturated heterocycles. The molecule has 0 spiro atoms. The molecule has 2 N–H and O–H groups in total. The summed E-state index contributed by atoms with van der Waals surface area (Å²) >= 11 is 0. The van der Waals surface area contributed by atoms with E-state index < -0.39 is 23.3 Å². The molecule has 1 aliphatic rings. The number of rotatable bonds is 3. The summed E-state index contributed by atoms with van der Waals surface area (Å²) < 4.78 is 52.7. The molecule has 1 aliphatic heterocycles. The monoisotopic (exact) mass is 420 g/mol. The molecule has 5 nitrogen and oxygen atoms in total. The number of aromatic hydroxyl groups is 1. The van der Waals surface area contributed by atoms with Crippen molar-refractivity contribution < 1.29 is 22.7 Å². The standard InChI is InChI=1S/C21H20F4N4O/c1-29-8-2-3-14(11-29)26-20-15-7-5-13(22)10-17(15)19(27-28-20)16-6-4-12(9-18(16)30)21(23,24)25/h4-7,9-10,14,30H,2-3,8,11H2,1H3,(H,26,28)/t14-/m1/s1. The van der Waals surface area contributed by atoms with Crippen LogP contribution in [0.25, 0.3) is 22.0 Å². The number of alkyl halides is 3. The van der Waals surface area contributed by atoms with Gasteiger partial charge in [0.05, 0.1) is 5.56 Å². The summed E-state index contributed by atoms with van der Waals surface area (Å²) in [5, 5.41) is 22.8. The van der Waals surface area contributed by atoms with Gasteiger partial charge in [-0.25, -0.2) is 4.39 Å². The lowest BCUT2D eigenvalue weighted by atomic mass is 10.0. The highest BCUT2D eigenvalue weighted by Crippen LogP contribution is 2.39. The van der Waals surface area contributed by atoms with Crippen molar-refractivity contribution in [3.05, 3.63) is 47.8 Å². The lowest BCUT2D eigenvalue weighted by Gasteiger charge is -2.30. The van der Waals surface area contributed by atoms with Gasteiger partial charge in [-0.1, -0.05) is 0 Å². The van der Waals surface area contributed by atoms with Gasteiger partial charge >= 0.3 is 6.18 Å². The molecule has 0 bridgehead atoms. The number of aromatic nitrogens is 2. The minimum absolute atomic E-state index is 0.0510. The Balaban J connectivity index is 1.78. The topological polar surface area (TPSA) is 61.3 Å². The Kier molecular flexibility index (Phi) is 5.23. The number of anilines is 1. The van der Waals surface area contributed by atoms with E-state index in [9.17, 15) is 22.7 Å². The highest BCUT2D eigenvalue weighted by molar-refractivity contribution is 6.01. The van der Waals surface area contributed by atoms with Crippen LogP contribution in [-0.2, 0) is 6.18 Å². The zero-order valence-corrected chi connectivity index (χ0v) is 16.2. The third kappa shape index (κ3) is 4.02. The zero-order valence-electron chi connectivity index (χ0n) is 16.2. The number of nitrogens with zero attached hydrogens (tertiary/aromatic N) is 3. The molecule has 4 rings (SSSR count). The average molecular weight is 420 g/mol. The van der Waals surface area contributed by atoms with Crippen LogP contribution in [-0.4, -0.2) is 46.4 Å². The van der Waals surface area contributed by atoms with Crippen molar-refractivity contribution in [1.82, 2.24) is 15.1 Å². The fourth-order valence-electron chi connectivity index (χ4n) is 3.82. The van der Waals surface area contributed by atoms with Gasteiger partial charge in [-0.3, -0.25) is 0 Å². The van der Waals surface area contributed by atoms with Gasteiger partial charge in [-0.15, -0.1) is 10.2 Å². The molecule has 0 radical (unpaired) electrons. The van der Waals surface area contributed by atoms with Crippen LogP contribution in [0.2, 0.25) is 0 Å². The summed E-state index contributed by atoms with van der Waals surface area (Å²) in [7, 11) is 2.03. The molecule has 0 saturated carbocycles. The van der Waals surface area contributed by atoms with E-state index in [-0.39, 0.29) is 17.3 Å². The Morgan fingerprint density at radius 2 is 1.90 bits per heavy atom. The number of hydrogen-bond acceptors (Lipinski definition) is 5. The number of phenolic OH excluding ortho intramolecular Hbond substituents is 1. The molecule has 1 aromatic heterocycles. The summed E-state index contributed by atoms with van der Waals surface area (Å²) in [6, 6.07) is 6.84. The number of phenols is 1. The van der Waals surface area contributed by atoms with Crippen LogP contribution in [0, 0.1) is 5.82 Å². The van der Waals surface area contributed by atoms with Crippen LogP contribution < -0.4 is 5.32 Å². The summed E-state index contributed by atoms with van der Waals surface area (Å²) in [4.78, 5) is 2.20. The Morgan fingerprint density at radius 3 is 2.60 bits per heavy atom. The van der Waals surface area contributed by atoms with Gasteiger partial charge in [-0.2, -0.15) is 13.2 Å². The van der Waals surface area contributed by atoms with Gasteiger partial charge in [0.1, 0.15) is 17.3 Å². The van der Waals surface area contributed by atoms with Crippen molar-refractivity contribution >= 4 is 16.6 Å². The molecular weight excluding hydrogens is 400 g/mol. The molecule has 3 aromatic rings. The maximum absolute atomic E-state index is 14.0. The van der Waals surface area contributed by atoms with Crippen LogP contribution in [0.5, 0.6) is 5.75 Å². The summed E-state index contributed by atoms with van der Waals surface area (Å²) in [6.07, 6.45) is -2.60. The van der Waals surface area contributed by atoms with Crippen molar-refractivity contribution in [2.75, 3.05) is 25.5 Å². The second-order valence-corrected chi connectivity index (χ2v) is 7.56.